The van der Waals surface area contributed by atoms with E-state index in [0.717, 1.165) is 13.0 Å². The van der Waals surface area contributed by atoms with Gasteiger partial charge < -0.3 is 5.32 Å². The molecule has 1 aromatic carbocycles. The number of hydrogen-bond acceptors (Lipinski definition) is 3. The van der Waals surface area contributed by atoms with E-state index in [1.165, 1.54) is 5.56 Å². The fourth-order valence-corrected chi connectivity index (χ4v) is 4.25. The van der Waals surface area contributed by atoms with Gasteiger partial charge in [-0.25, -0.2) is 8.42 Å². The number of rotatable bonds is 4. The molecule has 1 heterocycles. The van der Waals surface area contributed by atoms with Crippen LogP contribution in [0.2, 0.25) is 0 Å². The quantitative estimate of drug-likeness (QED) is 0.907. The Morgan fingerprint density at radius 3 is 2.50 bits per heavy atom. The zero-order valence-electron chi connectivity index (χ0n) is 11.0. The molecular formula is C14H21NO2S. The topological polar surface area (TPSA) is 46.2 Å². The Morgan fingerprint density at radius 2 is 1.94 bits per heavy atom. The summed E-state index contributed by atoms with van der Waals surface area (Å²) in [7, 11) is -2.77. The second-order valence-corrected chi connectivity index (χ2v) is 7.87. The molecule has 0 amide bonds. The summed E-state index contributed by atoms with van der Waals surface area (Å²) < 4.78 is 22.8. The fourth-order valence-electron chi connectivity index (χ4n) is 2.39. The summed E-state index contributed by atoms with van der Waals surface area (Å²) >= 11 is 0. The number of sulfone groups is 1. The first kappa shape index (κ1) is 13.6. The zero-order chi connectivity index (χ0) is 13.2. The Bertz CT molecular complexity index is 494. The maximum atomic E-state index is 11.4. The Labute approximate surface area is 110 Å². The number of nitrogens with one attached hydrogen (secondary N) is 1. The van der Waals surface area contributed by atoms with Crippen molar-refractivity contribution < 1.29 is 8.42 Å². The molecule has 1 N–H and O–H groups in total. The fraction of sp³-hybridized carbons (Fsp3) is 0.571. The molecule has 1 aliphatic rings. The second-order valence-electron chi connectivity index (χ2n) is 5.64. The summed E-state index contributed by atoms with van der Waals surface area (Å²) in [5, 5.41) is 3.49. The minimum Gasteiger partial charge on any atom is -0.308 e. The first-order valence-electron chi connectivity index (χ1n) is 6.40. The molecule has 1 atom stereocenters. The molecule has 100 valence electrons. The van der Waals surface area contributed by atoms with Crippen molar-refractivity contribution in [1.82, 2.24) is 5.32 Å². The van der Waals surface area contributed by atoms with Gasteiger partial charge in [0.05, 0.1) is 11.5 Å². The van der Waals surface area contributed by atoms with Crippen LogP contribution in [0.3, 0.4) is 0 Å². The molecule has 3 nitrogen and oxygen atoms in total. The first-order valence-corrected chi connectivity index (χ1v) is 8.22. The van der Waals surface area contributed by atoms with Gasteiger partial charge in [-0.3, -0.25) is 0 Å². The van der Waals surface area contributed by atoms with E-state index in [-0.39, 0.29) is 11.5 Å². The van der Waals surface area contributed by atoms with E-state index < -0.39 is 9.84 Å². The van der Waals surface area contributed by atoms with Crippen LogP contribution in [0, 0.1) is 5.92 Å². The van der Waals surface area contributed by atoms with Gasteiger partial charge in [0.25, 0.3) is 0 Å². The van der Waals surface area contributed by atoms with E-state index >= 15 is 0 Å². The highest BCUT2D eigenvalue weighted by molar-refractivity contribution is 7.91. The molecule has 0 saturated carbocycles. The molecule has 0 bridgehead atoms. The van der Waals surface area contributed by atoms with E-state index in [9.17, 15) is 8.42 Å². The van der Waals surface area contributed by atoms with Crippen LogP contribution >= 0.6 is 0 Å². The van der Waals surface area contributed by atoms with Gasteiger partial charge in [-0.2, -0.15) is 0 Å². The summed E-state index contributed by atoms with van der Waals surface area (Å²) in [5.74, 6) is 0.952. The van der Waals surface area contributed by atoms with Gasteiger partial charge in [0.1, 0.15) is 0 Å². The van der Waals surface area contributed by atoms with Crippen LogP contribution in [0.1, 0.15) is 25.8 Å². The third kappa shape index (κ3) is 3.33. The van der Waals surface area contributed by atoms with Gasteiger partial charge in [0.15, 0.2) is 9.84 Å². The Kier molecular flexibility index (Phi) is 3.78. The van der Waals surface area contributed by atoms with Crippen molar-refractivity contribution in [2.75, 3.05) is 18.1 Å². The highest BCUT2D eigenvalue weighted by atomic mass is 32.2. The lowest BCUT2D eigenvalue weighted by molar-refractivity contribution is 0.367. The third-order valence-corrected chi connectivity index (χ3v) is 5.49. The normalized spacial score (nSPS) is 23.1. The van der Waals surface area contributed by atoms with Crippen LogP contribution in [-0.2, 0) is 15.4 Å². The van der Waals surface area contributed by atoms with Crippen molar-refractivity contribution in [3.8, 4) is 0 Å². The molecule has 4 heteroatoms. The molecule has 1 fully saturated rings. The van der Waals surface area contributed by atoms with E-state index in [0.29, 0.717) is 11.5 Å². The third-order valence-electron chi connectivity index (χ3n) is 3.65. The average molecular weight is 267 g/mol. The van der Waals surface area contributed by atoms with Crippen molar-refractivity contribution in [1.29, 1.82) is 0 Å². The van der Waals surface area contributed by atoms with Gasteiger partial charge in [-0.15, -0.1) is 0 Å². The van der Waals surface area contributed by atoms with Gasteiger partial charge in [0.2, 0.25) is 0 Å². The van der Waals surface area contributed by atoms with E-state index in [1.54, 1.807) is 0 Å². The van der Waals surface area contributed by atoms with Gasteiger partial charge in [0, 0.05) is 5.54 Å². The summed E-state index contributed by atoms with van der Waals surface area (Å²) in [4.78, 5) is 0. The minimum absolute atomic E-state index is 0.117. The summed E-state index contributed by atoms with van der Waals surface area (Å²) in [5.41, 5.74) is 1.11. The molecule has 0 radical (unpaired) electrons. The highest BCUT2D eigenvalue weighted by Crippen LogP contribution is 2.22. The SMILES string of the molecule is CC(C)(NCC1CCS(=O)(=O)C1)c1ccccc1. The summed E-state index contributed by atoms with van der Waals surface area (Å²) in [6, 6.07) is 10.2. The summed E-state index contributed by atoms with van der Waals surface area (Å²) in [6.07, 6.45) is 0.792. The van der Waals surface area contributed by atoms with Crippen molar-refractivity contribution in [2.24, 2.45) is 5.92 Å². The predicted molar refractivity (Wildman–Crippen MR) is 74.2 cm³/mol. The van der Waals surface area contributed by atoms with E-state index in [2.05, 4.69) is 31.3 Å². The van der Waals surface area contributed by atoms with Crippen LogP contribution in [0.15, 0.2) is 30.3 Å². The molecular weight excluding hydrogens is 246 g/mol. The van der Waals surface area contributed by atoms with Gasteiger partial charge in [-0.1, -0.05) is 30.3 Å². The smallest absolute Gasteiger partial charge is 0.150 e. The lowest BCUT2D eigenvalue weighted by atomic mass is 9.93. The predicted octanol–water partition coefficient (Wildman–Crippen LogP) is 1.95. The van der Waals surface area contributed by atoms with E-state index in [4.69, 9.17) is 0 Å². The molecule has 2 rings (SSSR count). The van der Waals surface area contributed by atoms with Gasteiger partial charge in [-0.05, 0) is 38.3 Å². The lowest BCUT2D eigenvalue weighted by Crippen LogP contribution is -2.39. The largest absolute Gasteiger partial charge is 0.308 e. The standard InChI is InChI=1S/C14H21NO2S/c1-14(2,13-6-4-3-5-7-13)15-10-12-8-9-18(16,17)11-12/h3-7,12,15H,8-11H2,1-2H3. The van der Waals surface area contributed by atoms with Crippen molar-refractivity contribution >= 4 is 9.84 Å². The molecule has 1 unspecified atom stereocenters. The lowest BCUT2D eigenvalue weighted by Gasteiger charge is -2.28. The van der Waals surface area contributed by atoms with Gasteiger partial charge >= 0.3 is 0 Å². The summed E-state index contributed by atoms with van der Waals surface area (Å²) in [6.45, 7) is 5.03. The molecule has 18 heavy (non-hydrogen) atoms. The van der Waals surface area contributed by atoms with Crippen LogP contribution in [0.4, 0.5) is 0 Å². The van der Waals surface area contributed by atoms with E-state index in [1.807, 2.05) is 18.2 Å². The molecule has 1 aromatic rings. The average Bonchev–Trinajstić information content (AvgIpc) is 2.68. The van der Waals surface area contributed by atoms with Crippen LogP contribution < -0.4 is 5.32 Å². The molecule has 0 aromatic heterocycles. The Hall–Kier alpha value is -0.870. The molecule has 0 aliphatic carbocycles. The van der Waals surface area contributed by atoms with Crippen LogP contribution in [0.25, 0.3) is 0 Å². The Balaban J connectivity index is 1.94. The molecule has 0 spiro atoms. The van der Waals surface area contributed by atoms with Crippen molar-refractivity contribution in [2.45, 2.75) is 25.8 Å². The monoisotopic (exact) mass is 267 g/mol. The number of hydrogen-bond donors (Lipinski definition) is 1. The van der Waals surface area contributed by atoms with Crippen molar-refractivity contribution in [3.63, 3.8) is 0 Å². The van der Waals surface area contributed by atoms with Crippen molar-refractivity contribution in [3.05, 3.63) is 35.9 Å². The minimum atomic E-state index is -2.77. The molecule has 1 aliphatic heterocycles. The second kappa shape index (κ2) is 5.02. The maximum Gasteiger partial charge on any atom is 0.150 e. The molecule has 1 saturated heterocycles. The van der Waals surface area contributed by atoms with Crippen LogP contribution in [-0.4, -0.2) is 26.5 Å². The zero-order valence-corrected chi connectivity index (χ0v) is 11.8. The highest BCUT2D eigenvalue weighted by Gasteiger charge is 2.29. The number of benzene rings is 1. The van der Waals surface area contributed by atoms with Crippen LogP contribution in [0.5, 0.6) is 0 Å². The first-order chi connectivity index (χ1) is 8.39. The maximum absolute atomic E-state index is 11.4. The Morgan fingerprint density at radius 1 is 1.28 bits per heavy atom.